The molecule has 0 unspecified atom stereocenters. The molecule has 0 atom stereocenters. The minimum Gasteiger partial charge on any atom is -0.454 e. The molecule has 0 saturated heterocycles. The van der Waals surface area contributed by atoms with E-state index in [9.17, 15) is 10.1 Å². The maximum atomic E-state index is 11.1. The number of hydrogen-bond donors (Lipinski definition) is 1. The predicted octanol–water partition coefficient (Wildman–Crippen LogP) is 3.08. The number of benzene rings is 2. The van der Waals surface area contributed by atoms with Gasteiger partial charge in [0.25, 0.3) is 5.69 Å². The van der Waals surface area contributed by atoms with E-state index in [0.29, 0.717) is 17.1 Å². The van der Waals surface area contributed by atoms with Crippen molar-refractivity contribution >= 4 is 17.6 Å². The van der Waals surface area contributed by atoms with E-state index in [-0.39, 0.29) is 12.5 Å². The van der Waals surface area contributed by atoms with Gasteiger partial charge in [0.2, 0.25) is 6.79 Å². The Morgan fingerprint density at radius 3 is 2.73 bits per heavy atom. The molecule has 112 valence electrons. The number of nitro benzene ring substituents is 1. The number of rotatable bonds is 4. The molecule has 0 spiro atoms. The topological polar surface area (TPSA) is 86.0 Å². The van der Waals surface area contributed by atoms with E-state index < -0.39 is 4.92 Å². The van der Waals surface area contributed by atoms with Gasteiger partial charge in [0, 0.05) is 0 Å². The van der Waals surface area contributed by atoms with Crippen molar-refractivity contribution in [2.24, 2.45) is 5.10 Å². The predicted molar refractivity (Wildman–Crippen MR) is 81.6 cm³/mol. The maximum absolute atomic E-state index is 11.1. The molecule has 0 saturated carbocycles. The molecule has 1 N–H and O–H groups in total. The molecule has 0 aromatic heterocycles. The minimum atomic E-state index is -0.475. The van der Waals surface area contributed by atoms with E-state index in [1.807, 2.05) is 31.2 Å². The first-order valence-corrected chi connectivity index (χ1v) is 6.58. The van der Waals surface area contributed by atoms with Crippen LogP contribution in [0, 0.1) is 17.0 Å². The van der Waals surface area contributed by atoms with Crippen LogP contribution in [0.2, 0.25) is 0 Å². The SMILES string of the molecule is Cc1ccccc1N/N=C\c1cc2c(cc1[N+](=O)[O-])OCO2. The number of fused-ring (bicyclic) bond motifs is 1. The molecule has 2 aromatic carbocycles. The Balaban J connectivity index is 1.87. The van der Waals surface area contributed by atoms with Gasteiger partial charge in [0.15, 0.2) is 11.5 Å². The van der Waals surface area contributed by atoms with Gasteiger partial charge in [-0.3, -0.25) is 15.5 Å². The molecule has 0 amide bonds. The van der Waals surface area contributed by atoms with Gasteiger partial charge in [-0.2, -0.15) is 5.10 Å². The van der Waals surface area contributed by atoms with Crippen LogP contribution in [0.1, 0.15) is 11.1 Å². The Morgan fingerprint density at radius 2 is 2.00 bits per heavy atom. The second kappa shape index (κ2) is 5.72. The molecular weight excluding hydrogens is 286 g/mol. The van der Waals surface area contributed by atoms with E-state index in [1.54, 1.807) is 6.07 Å². The summed E-state index contributed by atoms with van der Waals surface area (Å²) in [7, 11) is 0. The molecule has 1 heterocycles. The highest BCUT2D eigenvalue weighted by molar-refractivity contribution is 5.87. The van der Waals surface area contributed by atoms with Crippen molar-refractivity contribution < 1.29 is 14.4 Å². The molecule has 3 rings (SSSR count). The van der Waals surface area contributed by atoms with Crippen molar-refractivity contribution in [2.45, 2.75) is 6.92 Å². The quantitative estimate of drug-likeness (QED) is 0.532. The lowest BCUT2D eigenvalue weighted by molar-refractivity contribution is -0.385. The highest BCUT2D eigenvalue weighted by Gasteiger charge is 2.22. The molecule has 22 heavy (non-hydrogen) atoms. The van der Waals surface area contributed by atoms with Crippen LogP contribution in [0.3, 0.4) is 0 Å². The van der Waals surface area contributed by atoms with Crippen LogP contribution >= 0.6 is 0 Å². The molecule has 0 bridgehead atoms. The summed E-state index contributed by atoms with van der Waals surface area (Å²) in [6.45, 7) is 2.01. The molecular formula is C15H13N3O4. The fraction of sp³-hybridized carbons (Fsp3) is 0.133. The van der Waals surface area contributed by atoms with E-state index in [1.165, 1.54) is 12.3 Å². The summed E-state index contributed by atoms with van der Waals surface area (Å²) in [6, 6.07) is 10.5. The van der Waals surface area contributed by atoms with Crippen LogP contribution in [0.5, 0.6) is 11.5 Å². The van der Waals surface area contributed by atoms with Crippen LogP contribution in [0.15, 0.2) is 41.5 Å². The average molecular weight is 299 g/mol. The van der Waals surface area contributed by atoms with Gasteiger partial charge in [-0.25, -0.2) is 0 Å². The minimum absolute atomic E-state index is 0.0640. The molecule has 0 fully saturated rings. The molecule has 0 radical (unpaired) electrons. The summed E-state index contributed by atoms with van der Waals surface area (Å²) in [5.41, 5.74) is 4.99. The fourth-order valence-corrected chi connectivity index (χ4v) is 2.08. The summed E-state index contributed by atoms with van der Waals surface area (Å²) in [5, 5.41) is 15.2. The Bertz CT molecular complexity index is 758. The Hall–Kier alpha value is -3.09. The van der Waals surface area contributed by atoms with Crippen LogP contribution in [-0.4, -0.2) is 17.9 Å². The number of nitrogens with one attached hydrogen (secondary N) is 1. The van der Waals surface area contributed by atoms with Gasteiger partial charge in [0.05, 0.1) is 28.5 Å². The molecule has 2 aromatic rings. The van der Waals surface area contributed by atoms with E-state index in [2.05, 4.69) is 10.5 Å². The first-order chi connectivity index (χ1) is 10.6. The lowest BCUT2D eigenvalue weighted by atomic mass is 10.1. The van der Waals surface area contributed by atoms with Crippen molar-refractivity contribution in [3.63, 3.8) is 0 Å². The highest BCUT2D eigenvalue weighted by Crippen LogP contribution is 2.37. The number of para-hydroxylation sites is 1. The lowest BCUT2D eigenvalue weighted by Gasteiger charge is -2.04. The zero-order valence-electron chi connectivity index (χ0n) is 11.8. The van der Waals surface area contributed by atoms with Gasteiger partial charge in [-0.05, 0) is 24.6 Å². The third kappa shape index (κ3) is 2.69. The Morgan fingerprint density at radius 1 is 1.27 bits per heavy atom. The third-order valence-corrected chi connectivity index (χ3v) is 3.25. The van der Waals surface area contributed by atoms with E-state index in [0.717, 1.165) is 11.3 Å². The molecule has 1 aliphatic heterocycles. The van der Waals surface area contributed by atoms with Gasteiger partial charge < -0.3 is 9.47 Å². The number of hydrazone groups is 1. The summed E-state index contributed by atoms with van der Waals surface area (Å²) < 4.78 is 10.4. The van der Waals surface area contributed by atoms with Crippen LogP contribution in [0.25, 0.3) is 0 Å². The third-order valence-electron chi connectivity index (χ3n) is 3.25. The van der Waals surface area contributed by atoms with Crippen LogP contribution < -0.4 is 14.9 Å². The Labute approximate surface area is 126 Å². The number of ether oxygens (including phenoxy) is 2. The number of aryl methyl sites for hydroxylation is 1. The number of nitrogens with zero attached hydrogens (tertiary/aromatic N) is 2. The van der Waals surface area contributed by atoms with E-state index in [4.69, 9.17) is 9.47 Å². The highest BCUT2D eigenvalue weighted by atomic mass is 16.7. The van der Waals surface area contributed by atoms with E-state index >= 15 is 0 Å². The zero-order chi connectivity index (χ0) is 15.5. The number of nitro groups is 1. The van der Waals surface area contributed by atoms with Crippen molar-refractivity contribution in [3.8, 4) is 11.5 Å². The van der Waals surface area contributed by atoms with Crippen molar-refractivity contribution in [1.29, 1.82) is 0 Å². The van der Waals surface area contributed by atoms with Crippen molar-refractivity contribution in [1.82, 2.24) is 0 Å². The van der Waals surface area contributed by atoms with Gasteiger partial charge in [-0.15, -0.1) is 0 Å². The average Bonchev–Trinajstić information content (AvgIpc) is 2.95. The molecule has 7 nitrogen and oxygen atoms in total. The zero-order valence-corrected chi connectivity index (χ0v) is 11.8. The second-order valence-electron chi connectivity index (χ2n) is 4.71. The first kappa shape index (κ1) is 13.9. The standard InChI is InChI=1S/C15H13N3O4/c1-10-4-2-3-5-12(10)17-16-8-11-6-14-15(22-9-21-14)7-13(11)18(19)20/h2-8,17H,9H2,1H3/b16-8-. The molecule has 0 aliphatic carbocycles. The van der Waals surface area contributed by atoms with Crippen LogP contribution in [0.4, 0.5) is 11.4 Å². The largest absolute Gasteiger partial charge is 0.454 e. The van der Waals surface area contributed by atoms with Gasteiger partial charge in [-0.1, -0.05) is 18.2 Å². The lowest BCUT2D eigenvalue weighted by Crippen LogP contribution is -1.97. The maximum Gasteiger partial charge on any atom is 0.282 e. The number of anilines is 1. The molecule has 1 aliphatic rings. The summed E-state index contributed by atoms with van der Waals surface area (Å²) in [5.74, 6) is 0.846. The fourth-order valence-electron chi connectivity index (χ4n) is 2.08. The normalized spacial score (nSPS) is 12.6. The van der Waals surface area contributed by atoms with Crippen molar-refractivity contribution in [3.05, 3.63) is 57.6 Å². The smallest absolute Gasteiger partial charge is 0.282 e. The first-order valence-electron chi connectivity index (χ1n) is 6.58. The number of hydrogen-bond acceptors (Lipinski definition) is 6. The molecule has 7 heteroatoms. The monoisotopic (exact) mass is 299 g/mol. The van der Waals surface area contributed by atoms with Crippen LogP contribution in [-0.2, 0) is 0 Å². The summed E-state index contributed by atoms with van der Waals surface area (Å²) in [4.78, 5) is 10.7. The van der Waals surface area contributed by atoms with Gasteiger partial charge in [0.1, 0.15) is 0 Å². The van der Waals surface area contributed by atoms with Gasteiger partial charge >= 0.3 is 0 Å². The summed E-state index contributed by atoms with van der Waals surface area (Å²) >= 11 is 0. The Kier molecular flexibility index (Phi) is 3.61. The second-order valence-corrected chi connectivity index (χ2v) is 4.71. The van der Waals surface area contributed by atoms with Crippen molar-refractivity contribution in [2.75, 3.05) is 12.2 Å². The summed E-state index contributed by atoms with van der Waals surface area (Å²) in [6.07, 6.45) is 1.40.